The second-order valence-corrected chi connectivity index (χ2v) is 13.7. The maximum atomic E-state index is 16.4. The molecule has 3 unspecified atom stereocenters. The van der Waals surface area contributed by atoms with Crippen LogP contribution in [0.1, 0.15) is 0 Å². The molecule has 42 heavy (non-hydrogen) atoms. The van der Waals surface area contributed by atoms with Crippen LogP contribution >= 0.6 is 7.26 Å². The van der Waals surface area contributed by atoms with Gasteiger partial charge in [0.15, 0.2) is 35.4 Å². The number of benzene rings is 4. The van der Waals surface area contributed by atoms with Crippen molar-refractivity contribution in [1.82, 2.24) is 0 Å². The van der Waals surface area contributed by atoms with Gasteiger partial charge in [0.25, 0.3) is 5.78 Å². The fraction of sp³-hybridized carbons (Fsp3) is 0.0882. The number of fused-ring (bicyclic) bond motifs is 3. The van der Waals surface area contributed by atoms with E-state index in [4.69, 9.17) is 9.47 Å². The van der Waals surface area contributed by atoms with Crippen molar-refractivity contribution in [3.8, 4) is 11.5 Å². The predicted octanol–water partition coefficient (Wildman–Crippen LogP) is 4.74. The number of carbonyl (C=O) groups is 3. The third kappa shape index (κ3) is 3.67. The van der Waals surface area contributed by atoms with Gasteiger partial charge in [0.2, 0.25) is 17.2 Å². The summed E-state index contributed by atoms with van der Waals surface area (Å²) in [6, 6.07) is 33.3. The van der Waals surface area contributed by atoms with Gasteiger partial charge in [-0.1, -0.05) is 66.7 Å². The van der Waals surface area contributed by atoms with Crippen LogP contribution < -0.4 is 25.4 Å². The van der Waals surface area contributed by atoms with Crippen molar-refractivity contribution in [2.45, 2.75) is 17.9 Å². The van der Waals surface area contributed by atoms with Crippen molar-refractivity contribution in [2.75, 3.05) is 0 Å². The monoisotopic (exact) mass is 579 g/mol. The van der Waals surface area contributed by atoms with Gasteiger partial charge in [-0.05, 0) is 48.5 Å². The Labute approximate surface area is 240 Å². The Kier molecular flexibility index (Phi) is 6.21. The number of para-hydroxylation sites is 2. The zero-order chi connectivity index (χ0) is 29.0. The van der Waals surface area contributed by atoms with E-state index in [0.717, 1.165) is 0 Å². The topological polar surface area (TPSA) is 69.7 Å². The highest BCUT2D eigenvalue weighted by Crippen LogP contribution is 2.62. The Morgan fingerprint density at radius 2 is 0.881 bits per heavy atom. The Morgan fingerprint density at radius 3 is 1.31 bits per heavy atom. The lowest BCUT2D eigenvalue weighted by Crippen LogP contribution is -2.55. The molecule has 5 nitrogen and oxygen atoms in total. The van der Waals surface area contributed by atoms with E-state index < -0.39 is 65.3 Å². The fourth-order valence-electron chi connectivity index (χ4n) is 6.14. The first-order valence-corrected chi connectivity index (χ1v) is 15.2. The van der Waals surface area contributed by atoms with Crippen LogP contribution in [0.4, 0.5) is 8.78 Å². The van der Waals surface area contributed by atoms with E-state index in [2.05, 4.69) is 0 Å². The minimum absolute atomic E-state index is 0.159. The van der Waals surface area contributed by atoms with Gasteiger partial charge >= 0.3 is 0 Å². The number of ketones is 3. The quantitative estimate of drug-likeness (QED) is 0.199. The first-order chi connectivity index (χ1) is 20.4. The maximum Gasteiger partial charge on any atom is 0.252 e. The second-order valence-electron chi connectivity index (χ2n) is 10.2. The maximum absolute atomic E-state index is 16.4. The predicted molar refractivity (Wildman–Crippen MR) is 155 cm³/mol. The Bertz CT molecular complexity index is 1720. The molecule has 1 aliphatic heterocycles. The van der Waals surface area contributed by atoms with Crippen LogP contribution in [0, 0.1) is 0 Å². The van der Waals surface area contributed by atoms with E-state index in [1.165, 1.54) is 12.1 Å². The molecule has 0 N–H and O–H groups in total. The molecular weight excluding hydrogens is 557 g/mol. The number of hydrogen-bond acceptors (Lipinski definition) is 5. The number of rotatable bonds is 4. The largest absolute Gasteiger partial charge is 0.475 e. The third-order valence-electron chi connectivity index (χ3n) is 7.93. The zero-order valence-electron chi connectivity index (χ0n) is 21.9. The molecule has 206 valence electrons. The molecule has 1 saturated carbocycles. The minimum Gasteiger partial charge on any atom is -0.475 e. The average Bonchev–Trinajstić information content (AvgIpc) is 3.04. The molecule has 0 spiro atoms. The molecule has 4 aromatic carbocycles. The molecular formula is C34H22F2O5P+. The summed E-state index contributed by atoms with van der Waals surface area (Å²) in [5.74, 6) is -5.28. The summed E-state index contributed by atoms with van der Waals surface area (Å²) in [7, 11) is -3.32. The summed E-state index contributed by atoms with van der Waals surface area (Å²) < 4.78 is 44.0. The van der Waals surface area contributed by atoms with Crippen molar-refractivity contribution in [3.63, 3.8) is 0 Å². The van der Waals surface area contributed by atoms with Crippen molar-refractivity contribution >= 4 is 40.5 Å². The standard InChI is InChI=1S/C34H22F2O5P/c35-27-25-26(28(36)33-32(27)40-23-18-10-11-19-24(23)41-33)30(38)34(31(39)29(25)37)42(20-12-4-1-5-13-20,21-14-6-2-7-15-21)22-16-8-3-9-17-22/h1-19,32-34H/q+1. The zero-order valence-corrected chi connectivity index (χ0v) is 22.8. The number of halogens is 2. The molecule has 3 atom stereocenters. The molecule has 0 amide bonds. The molecule has 7 rings (SSSR count). The molecule has 3 aliphatic rings. The Hall–Kier alpha value is -4.74. The van der Waals surface area contributed by atoms with Gasteiger partial charge in [0.05, 0.1) is 11.1 Å². The highest BCUT2D eigenvalue weighted by atomic mass is 31.2. The average molecular weight is 580 g/mol. The lowest BCUT2D eigenvalue weighted by molar-refractivity contribution is -0.137. The van der Waals surface area contributed by atoms with Crippen molar-refractivity contribution in [1.29, 1.82) is 0 Å². The highest BCUT2D eigenvalue weighted by Gasteiger charge is 2.65. The van der Waals surface area contributed by atoms with E-state index in [0.29, 0.717) is 15.9 Å². The van der Waals surface area contributed by atoms with Crippen LogP contribution in [0.15, 0.2) is 138 Å². The number of Topliss-reactive ketones (excluding diaryl/α,β-unsaturated/α-hetero) is 3. The van der Waals surface area contributed by atoms with Gasteiger partial charge in [-0.2, -0.15) is 0 Å². The molecule has 2 aliphatic carbocycles. The number of carbonyl (C=O) groups excluding carboxylic acids is 3. The second kappa shape index (κ2) is 9.97. The van der Waals surface area contributed by atoms with E-state index in [9.17, 15) is 14.4 Å². The molecule has 4 aromatic rings. The molecule has 0 radical (unpaired) electrons. The van der Waals surface area contributed by atoms with Crippen molar-refractivity contribution in [2.24, 2.45) is 0 Å². The highest BCUT2D eigenvalue weighted by molar-refractivity contribution is 7.97. The van der Waals surface area contributed by atoms with E-state index in [-0.39, 0.29) is 11.5 Å². The van der Waals surface area contributed by atoms with Gasteiger partial charge in [-0.15, -0.1) is 0 Å². The molecule has 0 aromatic heterocycles. The summed E-state index contributed by atoms with van der Waals surface area (Å²) in [6.45, 7) is 0. The van der Waals surface area contributed by atoms with Gasteiger partial charge in [0.1, 0.15) is 23.2 Å². The molecule has 1 fully saturated rings. The van der Waals surface area contributed by atoms with Gasteiger partial charge in [-0.25, -0.2) is 8.78 Å². The number of hydrogen-bond donors (Lipinski definition) is 0. The van der Waals surface area contributed by atoms with E-state index in [1.807, 2.05) is 18.2 Å². The fourth-order valence-corrected chi connectivity index (χ4v) is 10.8. The van der Waals surface area contributed by atoms with Crippen LogP contribution in [0.25, 0.3) is 0 Å². The lowest BCUT2D eigenvalue weighted by atomic mass is 9.79. The van der Waals surface area contributed by atoms with E-state index >= 15 is 8.78 Å². The first-order valence-electron chi connectivity index (χ1n) is 13.3. The van der Waals surface area contributed by atoms with E-state index in [1.54, 1.807) is 84.9 Å². The Balaban J connectivity index is 1.50. The Morgan fingerprint density at radius 1 is 0.500 bits per heavy atom. The van der Waals surface area contributed by atoms with Crippen molar-refractivity contribution in [3.05, 3.63) is 138 Å². The lowest BCUT2D eigenvalue weighted by Gasteiger charge is -2.39. The molecule has 0 bridgehead atoms. The summed E-state index contributed by atoms with van der Waals surface area (Å²) in [4.78, 5) is 42.7. The summed E-state index contributed by atoms with van der Waals surface area (Å²) in [5, 5.41) is 1.95. The summed E-state index contributed by atoms with van der Waals surface area (Å²) in [6.07, 6.45) is -3.29. The van der Waals surface area contributed by atoms with Gasteiger partial charge in [0, 0.05) is 0 Å². The summed E-state index contributed by atoms with van der Waals surface area (Å²) >= 11 is 0. The smallest absolute Gasteiger partial charge is 0.252 e. The number of ether oxygens (including phenoxy) is 2. The third-order valence-corrected chi connectivity index (χ3v) is 12.5. The van der Waals surface area contributed by atoms with Crippen LogP contribution in [-0.4, -0.2) is 35.2 Å². The van der Waals surface area contributed by atoms with Gasteiger partial charge in [-0.3, -0.25) is 14.4 Å². The van der Waals surface area contributed by atoms with Gasteiger partial charge < -0.3 is 9.47 Å². The molecule has 8 heteroatoms. The number of allylic oxidation sites excluding steroid dienone is 2. The minimum atomic E-state index is -3.32. The summed E-state index contributed by atoms with van der Waals surface area (Å²) in [5.41, 5.74) is -3.25. The van der Waals surface area contributed by atoms with Crippen LogP contribution in [0.2, 0.25) is 0 Å². The van der Waals surface area contributed by atoms with Crippen LogP contribution in [0.3, 0.4) is 0 Å². The normalized spacial score (nSPS) is 21.7. The van der Waals surface area contributed by atoms with Crippen molar-refractivity contribution < 1.29 is 32.6 Å². The molecule has 1 heterocycles. The van der Waals surface area contributed by atoms with Crippen LogP contribution in [-0.2, 0) is 14.4 Å². The SMILES string of the molecule is O=C1C(=O)C([P+](c2ccccc2)(c2ccccc2)c2ccccc2)C(=O)C2=C(F)C3Oc4ccccc4OC3C(F)=C12. The van der Waals surface area contributed by atoms with Crippen LogP contribution in [0.5, 0.6) is 11.5 Å². The molecule has 0 saturated heterocycles. The first kappa shape index (κ1) is 26.2.